The van der Waals surface area contributed by atoms with Crippen molar-refractivity contribution in [2.75, 3.05) is 18.8 Å². The van der Waals surface area contributed by atoms with Gasteiger partial charge in [-0.3, -0.25) is 0 Å². The largest absolute Gasteiger partial charge is 0.316 e. The van der Waals surface area contributed by atoms with E-state index in [9.17, 15) is 4.39 Å². The van der Waals surface area contributed by atoms with Gasteiger partial charge in [0.15, 0.2) is 0 Å². The van der Waals surface area contributed by atoms with Crippen LogP contribution < -0.4 is 5.32 Å². The first kappa shape index (κ1) is 9.99. The van der Waals surface area contributed by atoms with E-state index in [2.05, 4.69) is 5.32 Å². The molecule has 1 N–H and O–H groups in total. The zero-order valence-electron chi connectivity index (χ0n) is 8.00. The topological polar surface area (TPSA) is 12.0 Å². The molecular formula is C11H14FNS. The molecule has 0 radical (unpaired) electrons. The van der Waals surface area contributed by atoms with Gasteiger partial charge < -0.3 is 5.32 Å². The van der Waals surface area contributed by atoms with Gasteiger partial charge in [-0.2, -0.15) is 0 Å². The van der Waals surface area contributed by atoms with Gasteiger partial charge >= 0.3 is 0 Å². The Kier molecular flexibility index (Phi) is 3.43. The number of halogens is 1. The van der Waals surface area contributed by atoms with Crippen molar-refractivity contribution in [2.45, 2.75) is 11.3 Å². The summed E-state index contributed by atoms with van der Waals surface area (Å²) in [5, 5.41) is 3.32. The third-order valence-electron chi connectivity index (χ3n) is 2.47. The third-order valence-corrected chi connectivity index (χ3v) is 3.75. The summed E-state index contributed by atoms with van der Waals surface area (Å²) in [6, 6.07) is 6.99. The molecule has 14 heavy (non-hydrogen) atoms. The van der Waals surface area contributed by atoms with Gasteiger partial charge in [-0.1, -0.05) is 12.1 Å². The number of benzene rings is 1. The number of hydrogen-bond donors (Lipinski definition) is 1. The minimum Gasteiger partial charge on any atom is -0.316 e. The van der Waals surface area contributed by atoms with E-state index in [1.165, 1.54) is 12.5 Å². The Labute approximate surface area is 88.1 Å². The molecular weight excluding hydrogens is 197 g/mol. The van der Waals surface area contributed by atoms with Gasteiger partial charge in [0.2, 0.25) is 0 Å². The van der Waals surface area contributed by atoms with E-state index in [-0.39, 0.29) is 5.82 Å². The lowest BCUT2D eigenvalue weighted by atomic mass is 10.2. The molecule has 1 aromatic rings. The van der Waals surface area contributed by atoms with E-state index in [4.69, 9.17) is 0 Å². The van der Waals surface area contributed by atoms with Crippen LogP contribution in [0.2, 0.25) is 0 Å². The van der Waals surface area contributed by atoms with Crippen LogP contribution in [-0.4, -0.2) is 18.8 Å². The number of rotatable bonds is 3. The van der Waals surface area contributed by atoms with Crippen LogP contribution in [0.3, 0.4) is 0 Å². The van der Waals surface area contributed by atoms with Crippen molar-refractivity contribution in [1.82, 2.24) is 5.32 Å². The van der Waals surface area contributed by atoms with Crippen molar-refractivity contribution in [3.8, 4) is 0 Å². The molecule has 2 rings (SSSR count). The Morgan fingerprint density at radius 3 is 3.00 bits per heavy atom. The number of thioether (sulfide) groups is 1. The van der Waals surface area contributed by atoms with Gasteiger partial charge in [0, 0.05) is 10.6 Å². The quantitative estimate of drug-likeness (QED) is 0.771. The van der Waals surface area contributed by atoms with Crippen LogP contribution in [0.4, 0.5) is 4.39 Å². The van der Waals surface area contributed by atoms with E-state index in [0.29, 0.717) is 5.92 Å². The second-order valence-corrected chi connectivity index (χ2v) is 4.66. The van der Waals surface area contributed by atoms with E-state index in [0.717, 1.165) is 23.7 Å². The molecule has 0 amide bonds. The molecule has 76 valence electrons. The smallest absolute Gasteiger partial charge is 0.136 e. The molecule has 1 atom stereocenters. The van der Waals surface area contributed by atoms with Gasteiger partial charge in [0.25, 0.3) is 0 Å². The number of hydrogen-bond acceptors (Lipinski definition) is 2. The minimum absolute atomic E-state index is 0.0940. The molecule has 1 nitrogen and oxygen atoms in total. The Balaban J connectivity index is 1.88. The van der Waals surface area contributed by atoms with Gasteiger partial charge in [-0.05, 0) is 37.6 Å². The van der Waals surface area contributed by atoms with Crippen LogP contribution in [0.15, 0.2) is 29.2 Å². The standard InChI is InChI=1S/C11H14FNS/c12-10-3-1-2-4-11(10)14-8-9-5-6-13-7-9/h1-4,9,13H,5-8H2. The molecule has 1 aromatic carbocycles. The van der Waals surface area contributed by atoms with E-state index < -0.39 is 0 Å². The second kappa shape index (κ2) is 4.80. The van der Waals surface area contributed by atoms with Crippen molar-refractivity contribution in [3.05, 3.63) is 30.1 Å². The highest BCUT2D eigenvalue weighted by atomic mass is 32.2. The molecule has 1 unspecified atom stereocenters. The SMILES string of the molecule is Fc1ccccc1SCC1CCNC1. The Morgan fingerprint density at radius 1 is 1.43 bits per heavy atom. The van der Waals surface area contributed by atoms with Gasteiger partial charge in [0.05, 0.1) is 0 Å². The fourth-order valence-corrected chi connectivity index (χ4v) is 2.71. The highest BCUT2D eigenvalue weighted by Crippen LogP contribution is 2.25. The second-order valence-electron chi connectivity index (χ2n) is 3.60. The van der Waals surface area contributed by atoms with Crippen molar-refractivity contribution >= 4 is 11.8 Å². The Hall–Kier alpha value is -0.540. The molecule has 0 saturated carbocycles. The zero-order valence-corrected chi connectivity index (χ0v) is 8.82. The molecule has 1 aliphatic rings. The maximum Gasteiger partial charge on any atom is 0.136 e. The summed E-state index contributed by atoms with van der Waals surface area (Å²) in [5.41, 5.74) is 0. The van der Waals surface area contributed by atoms with Crippen LogP contribution in [0.1, 0.15) is 6.42 Å². The van der Waals surface area contributed by atoms with Crippen molar-refractivity contribution in [2.24, 2.45) is 5.92 Å². The van der Waals surface area contributed by atoms with Crippen molar-refractivity contribution in [1.29, 1.82) is 0 Å². The molecule has 1 aliphatic heterocycles. The maximum absolute atomic E-state index is 13.2. The highest BCUT2D eigenvalue weighted by Gasteiger charge is 2.14. The predicted molar refractivity (Wildman–Crippen MR) is 58.1 cm³/mol. The third kappa shape index (κ3) is 2.49. The summed E-state index contributed by atoms with van der Waals surface area (Å²) in [4.78, 5) is 0.777. The number of nitrogens with one attached hydrogen (secondary N) is 1. The first-order chi connectivity index (χ1) is 6.86. The Bertz CT molecular complexity index is 297. The van der Waals surface area contributed by atoms with Crippen molar-refractivity contribution in [3.63, 3.8) is 0 Å². The van der Waals surface area contributed by atoms with Gasteiger partial charge in [-0.15, -0.1) is 11.8 Å². The van der Waals surface area contributed by atoms with Gasteiger partial charge in [-0.25, -0.2) is 4.39 Å². The van der Waals surface area contributed by atoms with E-state index in [1.54, 1.807) is 17.8 Å². The average Bonchev–Trinajstić information content (AvgIpc) is 2.69. The minimum atomic E-state index is -0.0940. The molecule has 1 saturated heterocycles. The van der Waals surface area contributed by atoms with E-state index in [1.807, 2.05) is 12.1 Å². The van der Waals surface area contributed by atoms with Crippen LogP contribution >= 0.6 is 11.8 Å². The molecule has 0 aliphatic carbocycles. The fraction of sp³-hybridized carbons (Fsp3) is 0.455. The lowest BCUT2D eigenvalue weighted by Gasteiger charge is -2.07. The zero-order chi connectivity index (χ0) is 9.80. The molecule has 1 fully saturated rings. The van der Waals surface area contributed by atoms with E-state index >= 15 is 0 Å². The maximum atomic E-state index is 13.2. The molecule has 0 aromatic heterocycles. The summed E-state index contributed by atoms with van der Waals surface area (Å²) in [7, 11) is 0. The van der Waals surface area contributed by atoms with Crippen LogP contribution in [0.5, 0.6) is 0 Å². The molecule has 3 heteroatoms. The fourth-order valence-electron chi connectivity index (χ4n) is 1.63. The average molecular weight is 211 g/mol. The summed E-state index contributed by atoms with van der Waals surface area (Å²) in [6.07, 6.45) is 1.22. The van der Waals surface area contributed by atoms with Crippen LogP contribution in [0, 0.1) is 11.7 Å². The summed E-state index contributed by atoms with van der Waals surface area (Å²) < 4.78 is 13.2. The monoisotopic (exact) mass is 211 g/mol. The molecule has 0 bridgehead atoms. The van der Waals surface area contributed by atoms with Crippen LogP contribution in [0.25, 0.3) is 0 Å². The molecule has 1 heterocycles. The summed E-state index contributed by atoms with van der Waals surface area (Å²) in [5.74, 6) is 1.64. The first-order valence-electron chi connectivity index (χ1n) is 4.94. The lowest BCUT2D eigenvalue weighted by molar-refractivity contribution is 0.600. The summed E-state index contributed by atoms with van der Waals surface area (Å²) >= 11 is 1.63. The lowest BCUT2D eigenvalue weighted by Crippen LogP contribution is -2.10. The summed E-state index contributed by atoms with van der Waals surface area (Å²) in [6.45, 7) is 2.20. The highest BCUT2D eigenvalue weighted by molar-refractivity contribution is 7.99. The van der Waals surface area contributed by atoms with Gasteiger partial charge in [0.1, 0.15) is 5.82 Å². The Morgan fingerprint density at radius 2 is 2.29 bits per heavy atom. The predicted octanol–water partition coefficient (Wildman–Crippen LogP) is 2.53. The normalized spacial score (nSPS) is 21.4. The molecule has 0 spiro atoms. The first-order valence-corrected chi connectivity index (χ1v) is 5.93. The van der Waals surface area contributed by atoms with Crippen LogP contribution in [-0.2, 0) is 0 Å². The van der Waals surface area contributed by atoms with Crippen molar-refractivity contribution < 1.29 is 4.39 Å².